The third kappa shape index (κ3) is 3.01. The molecular formula is C19H18N2O2. The van der Waals surface area contributed by atoms with E-state index in [1.807, 2.05) is 35.8 Å². The summed E-state index contributed by atoms with van der Waals surface area (Å²) in [5.41, 5.74) is 3.13. The molecule has 0 saturated carbocycles. The highest BCUT2D eigenvalue weighted by Crippen LogP contribution is 2.20. The molecule has 23 heavy (non-hydrogen) atoms. The zero-order valence-electron chi connectivity index (χ0n) is 13.2. The van der Waals surface area contributed by atoms with Crippen molar-refractivity contribution in [2.75, 3.05) is 5.32 Å². The topological polar surface area (TPSA) is 51.1 Å². The summed E-state index contributed by atoms with van der Waals surface area (Å²) in [4.78, 5) is 24.0. The van der Waals surface area contributed by atoms with Crippen LogP contribution >= 0.6 is 0 Å². The molecule has 3 aromatic rings. The van der Waals surface area contributed by atoms with Crippen molar-refractivity contribution in [1.29, 1.82) is 0 Å². The van der Waals surface area contributed by atoms with Crippen LogP contribution in [0.1, 0.15) is 23.0 Å². The molecule has 116 valence electrons. The number of nitrogens with zero attached hydrogens (tertiary/aromatic N) is 1. The summed E-state index contributed by atoms with van der Waals surface area (Å²) in [5.74, 6) is -0.216. The highest BCUT2D eigenvalue weighted by molar-refractivity contribution is 6.03. The molecule has 4 nitrogen and oxygen atoms in total. The number of para-hydroxylation sites is 2. The average molecular weight is 306 g/mol. The Morgan fingerprint density at radius 3 is 2.52 bits per heavy atom. The van der Waals surface area contributed by atoms with Gasteiger partial charge in [0.15, 0.2) is 5.78 Å². The van der Waals surface area contributed by atoms with Crippen LogP contribution in [0.4, 0.5) is 5.69 Å². The fraction of sp³-hybridized carbons (Fsp3) is 0.158. The van der Waals surface area contributed by atoms with Crippen molar-refractivity contribution in [1.82, 2.24) is 4.57 Å². The Morgan fingerprint density at radius 1 is 1.04 bits per heavy atom. The Hall–Kier alpha value is -2.88. The van der Waals surface area contributed by atoms with E-state index in [-0.39, 0.29) is 18.2 Å². The average Bonchev–Trinajstić information content (AvgIpc) is 2.83. The minimum atomic E-state index is -0.150. The molecule has 0 radical (unpaired) electrons. The van der Waals surface area contributed by atoms with E-state index in [0.717, 1.165) is 16.6 Å². The van der Waals surface area contributed by atoms with Crippen LogP contribution in [0.15, 0.2) is 54.6 Å². The summed E-state index contributed by atoms with van der Waals surface area (Å²) < 4.78 is 1.97. The molecule has 1 amide bonds. The molecular weight excluding hydrogens is 288 g/mol. The van der Waals surface area contributed by atoms with Crippen LogP contribution in [0.2, 0.25) is 0 Å². The second-order valence-corrected chi connectivity index (χ2v) is 5.58. The van der Waals surface area contributed by atoms with Gasteiger partial charge in [-0.1, -0.05) is 30.3 Å². The van der Waals surface area contributed by atoms with E-state index in [2.05, 4.69) is 11.4 Å². The first-order chi connectivity index (χ1) is 11.1. The van der Waals surface area contributed by atoms with Crippen LogP contribution in [-0.2, 0) is 11.3 Å². The molecule has 0 aliphatic heterocycles. The molecule has 1 aromatic heterocycles. The smallest absolute Gasteiger partial charge is 0.244 e. The van der Waals surface area contributed by atoms with E-state index in [0.29, 0.717) is 11.3 Å². The number of amides is 1. The number of aromatic nitrogens is 1. The third-order valence-electron chi connectivity index (χ3n) is 3.90. The number of carbonyl (C=O) groups excluding carboxylic acids is 2. The highest BCUT2D eigenvalue weighted by Gasteiger charge is 2.12. The van der Waals surface area contributed by atoms with Crippen LogP contribution in [0, 0.1) is 6.92 Å². The summed E-state index contributed by atoms with van der Waals surface area (Å²) in [7, 11) is 0. The van der Waals surface area contributed by atoms with Gasteiger partial charge in [0.2, 0.25) is 5.91 Å². The Balaban J connectivity index is 1.85. The molecule has 0 atom stereocenters. The Kier molecular flexibility index (Phi) is 3.98. The lowest BCUT2D eigenvalue weighted by atomic mass is 10.1. The number of hydrogen-bond acceptors (Lipinski definition) is 2. The number of Topliss-reactive ketones (excluding diaryl/α,β-unsaturated/α-hetero) is 1. The first kappa shape index (κ1) is 15.0. The van der Waals surface area contributed by atoms with E-state index in [4.69, 9.17) is 0 Å². The second-order valence-electron chi connectivity index (χ2n) is 5.58. The van der Waals surface area contributed by atoms with Crippen molar-refractivity contribution in [3.05, 3.63) is 65.9 Å². The summed E-state index contributed by atoms with van der Waals surface area (Å²) >= 11 is 0. The molecule has 0 unspecified atom stereocenters. The van der Waals surface area contributed by atoms with Gasteiger partial charge in [-0.15, -0.1) is 0 Å². The van der Waals surface area contributed by atoms with Crippen molar-refractivity contribution in [2.24, 2.45) is 0 Å². The molecule has 0 aliphatic rings. The van der Waals surface area contributed by atoms with Crippen molar-refractivity contribution in [3.8, 4) is 0 Å². The molecule has 1 N–H and O–H groups in total. The molecule has 3 rings (SSSR count). The van der Waals surface area contributed by atoms with E-state index in [1.54, 1.807) is 24.3 Å². The van der Waals surface area contributed by atoms with Crippen LogP contribution in [0.3, 0.4) is 0 Å². The van der Waals surface area contributed by atoms with Gasteiger partial charge in [0.25, 0.3) is 0 Å². The van der Waals surface area contributed by atoms with Crippen molar-refractivity contribution in [2.45, 2.75) is 20.4 Å². The summed E-state index contributed by atoms with van der Waals surface area (Å²) in [6.45, 7) is 3.69. The van der Waals surface area contributed by atoms with E-state index < -0.39 is 0 Å². The number of carbonyl (C=O) groups is 2. The summed E-state index contributed by atoms with van der Waals surface area (Å²) in [6.07, 6.45) is 0. The predicted octanol–water partition coefficient (Wildman–Crippen LogP) is 3.79. The van der Waals surface area contributed by atoms with E-state index in [1.165, 1.54) is 6.92 Å². The van der Waals surface area contributed by atoms with Crippen LogP contribution in [-0.4, -0.2) is 16.3 Å². The van der Waals surface area contributed by atoms with Crippen LogP contribution in [0.25, 0.3) is 10.9 Å². The molecule has 0 fully saturated rings. The maximum absolute atomic E-state index is 12.4. The lowest BCUT2D eigenvalue weighted by Crippen LogP contribution is -2.20. The second kappa shape index (κ2) is 6.08. The SMILES string of the molecule is CC(=O)c1ccccc1NC(=O)Cn1c(C)cc2ccccc21. The van der Waals surface area contributed by atoms with Gasteiger partial charge in [-0.2, -0.15) is 0 Å². The van der Waals surface area contributed by atoms with Gasteiger partial charge in [-0.3, -0.25) is 9.59 Å². The number of rotatable bonds is 4. The van der Waals surface area contributed by atoms with Crippen molar-refractivity contribution < 1.29 is 9.59 Å². The minimum absolute atomic E-state index is 0.0662. The van der Waals surface area contributed by atoms with E-state index in [9.17, 15) is 9.59 Å². The number of anilines is 1. The first-order valence-electron chi connectivity index (χ1n) is 7.51. The predicted molar refractivity (Wildman–Crippen MR) is 91.8 cm³/mol. The normalized spacial score (nSPS) is 10.7. The fourth-order valence-corrected chi connectivity index (χ4v) is 2.79. The maximum atomic E-state index is 12.4. The Morgan fingerprint density at radius 2 is 1.74 bits per heavy atom. The van der Waals surface area contributed by atoms with Gasteiger partial charge in [-0.05, 0) is 43.5 Å². The lowest BCUT2D eigenvalue weighted by molar-refractivity contribution is -0.116. The summed E-state index contributed by atoms with van der Waals surface area (Å²) in [5, 5.41) is 3.95. The van der Waals surface area contributed by atoms with Gasteiger partial charge in [-0.25, -0.2) is 0 Å². The quantitative estimate of drug-likeness (QED) is 0.746. The summed E-state index contributed by atoms with van der Waals surface area (Å²) in [6, 6.07) is 17.1. The maximum Gasteiger partial charge on any atom is 0.244 e. The molecule has 0 spiro atoms. The minimum Gasteiger partial charge on any atom is -0.335 e. The number of fused-ring (bicyclic) bond motifs is 1. The van der Waals surface area contributed by atoms with Crippen LogP contribution in [0.5, 0.6) is 0 Å². The van der Waals surface area contributed by atoms with Gasteiger partial charge < -0.3 is 9.88 Å². The van der Waals surface area contributed by atoms with Gasteiger partial charge in [0, 0.05) is 16.8 Å². The van der Waals surface area contributed by atoms with Gasteiger partial charge >= 0.3 is 0 Å². The zero-order valence-corrected chi connectivity index (χ0v) is 13.2. The highest BCUT2D eigenvalue weighted by atomic mass is 16.2. The van der Waals surface area contributed by atoms with Gasteiger partial charge in [0.05, 0.1) is 5.69 Å². The number of nitrogens with one attached hydrogen (secondary N) is 1. The molecule has 4 heteroatoms. The molecule has 0 aliphatic carbocycles. The van der Waals surface area contributed by atoms with Crippen molar-refractivity contribution >= 4 is 28.3 Å². The first-order valence-corrected chi connectivity index (χ1v) is 7.51. The van der Waals surface area contributed by atoms with Crippen LogP contribution < -0.4 is 5.32 Å². The number of ketones is 1. The fourth-order valence-electron chi connectivity index (χ4n) is 2.79. The van der Waals surface area contributed by atoms with E-state index >= 15 is 0 Å². The monoisotopic (exact) mass is 306 g/mol. The Bertz CT molecular complexity index is 893. The third-order valence-corrected chi connectivity index (χ3v) is 3.90. The largest absolute Gasteiger partial charge is 0.335 e. The molecule has 0 saturated heterocycles. The Labute approximate surface area is 134 Å². The standard InChI is InChI=1S/C19H18N2O2/c1-13-11-15-7-3-6-10-18(15)21(13)12-19(23)20-17-9-5-4-8-16(17)14(2)22/h3-11H,12H2,1-2H3,(H,20,23). The molecule has 2 aromatic carbocycles. The number of aryl methyl sites for hydroxylation is 1. The van der Waals surface area contributed by atoms with Crippen molar-refractivity contribution in [3.63, 3.8) is 0 Å². The molecule has 1 heterocycles. The number of hydrogen-bond donors (Lipinski definition) is 1. The number of benzene rings is 2. The molecule has 0 bridgehead atoms. The lowest BCUT2D eigenvalue weighted by Gasteiger charge is -2.11. The van der Waals surface area contributed by atoms with Gasteiger partial charge in [0.1, 0.15) is 6.54 Å². The zero-order chi connectivity index (χ0) is 16.4.